The van der Waals surface area contributed by atoms with Crippen molar-refractivity contribution in [2.75, 3.05) is 13.7 Å². The van der Waals surface area contributed by atoms with E-state index in [1.807, 2.05) is 53.3 Å². The molecule has 0 amide bonds. The van der Waals surface area contributed by atoms with Crippen LogP contribution in [0.1, 0.15) is 30.6 Å². The van der Waals surface area contributed by atoms with Gasteiger partial charge in [0.15, 0.2) is 0 Å². The van der Waals surface area contributed by atoms with Crippen molar-refractivity contribution in [3.05, 3.63) is 72.1 Å². The van der Waals surface area contributed by atoms with Gasteiger partial charge in [-0.3, -0.25) is 0 Å². The van der Waals surface area contributed by atoms with Crippen molar-refractivity contribution in [3.63, 3.8) is 0 Å². The van der Waals surface area contributed by atoms with Crippen molar-refractivity contribution in [2.45, 2.75) is 31.8 Å². The third-order valence-electron chi connectivity index (χ3n) is 4.46. The Bertz CT molecular complexity index is 818. The maximum atomic E-state index is 6.10. The largest absolute Gasteiger partial charge is 0.457 e. The van der Waals surface area contributed by atoms with Gasteiger partial charge in [0.2, 0.25) is 0 Å². The molecule has 2 atom stereocenters. The Morgan fingerprint density at radius 2 is 1.74 bits per heavy atom. The van der Waals surface area contributed by atoms with Crippen molar-refractivity contribution in [1.29, 1.82) is 0 Å². The van der Waals surface area contributed by atoms with Crippen molar-refractivity contribution < 1.29 is 9.47 Å². The Labute approximate surface area is 159 Å². The van der Waals surface area contributed by atoms with Gasteiger partial charge in [0.25, 0.3) is 0 Å². The van der Waals surface area contributed by atoms with E-state index < -0.39 is 0 Å². The minimum Gasteiger partial charge on any atom is -0.457 e. The van der Waals surface area contributed by atoms with Crippen LogP contribution < -0.4 is 10.5 Å². The van der Waals surface area contributed by atoms with Crippen LogP contribution in [0.3, 0.4) is 0 Å². The second-order valence-electron chi connectivity index (χ2n) is 6.60. The molecule has 0 aliphatic heterocycles. The van der Waals surface area contributed by atoms with E-state index in [1.165, 1.54) is 0 Å². The lowest BCUT2D eigenvalue weighted by Gasteiger charge is -2.13. The summed E-state index contributed by atoms with van der Waals surface area (Å²) in [6.07, 6.45) is 3.47. The molecule has 3 rings (SSSR count). The molecule has 0 fully saturated rings. The summed E-state index contributed by atoms with van der Waals surface area (Å²) >= 11 is 0. The number of nitrogens with two attached hydrogens (primary N) is 1. The Kier molecular flexibility index (Phi) is 6.57. The highest BCUT2D eigenvalue weighted by Gasteiger charge is 2.13. The maximum Gasteiger partial charge on any atom is 0.127 e. The molecule has 0 aliphatic carbocycles. The molecule has 142 valence electrons. The zero-order valence-electron chi connectivity index (χ0n) is 15.8. The van der Waals surface area contributed by atoms with Crippen LogP contribution in [-0.2, 0) is 11.2 Å². The number of para-hydroxylation sites is 1. The van der Waals surface area contributed by atoms with Crippen LogP contribution in [0, 0.1) is 0 Å². The fourth-order valence-electron chi connectivity index (χ4n) is 2.83. The quantitative estimate of drug-likeness (QED) is 0.626. The van der Waals surface area contributed by atoms with E-state index >= 15 is 0 Å². The van der Waals surface area contributed by atoms with Gasteiger partial charge in [0.1, 0.15) is 11.5 Å². The van der Waals surface area contributed by atoms with Gasteiger partial charge in [-0.1, -0.05) is 35.5 Å². The van der Waals surface area contributed by atoms with Crippen molar-refractivity contribution in [2.24, 2.45) is 5.73 Å². The van der Waals surface area contributed by atoms with Gasteiger partial charge in [0.05, 0.1) is 11.7 Å². The van der Waals surface area contributed by atoms with Gasteiger partial charge in [0, 0.05) is 32.4 Å². The van der Waals surface area contributed by atoms with Crippen LogP contribution in [0.15, 0.2) is 60.8 Å². The number of benzene rings is 2. The Morgan fingerprint density at radius 3 is 2.44 bits per heavy atom. The number of ether oxygens (including phenoxy) is 2. The van der Waals surface area contributed by atoms with E-state index in [1.54, 1.807) is 7.11 Å². The van der Waals surface area contributed by atoms with E-state index in [4.69, 9.17) is 15.2 Å². The zero-order valence-corrected chi connectivity index (χ0v) is 15.8. The van der Waals surface area contributed by atoms with Crippen LogP contribution in [0.4, 0.5) is 0 Å². The topological polar surface area (TPSA) is 75.2 Å². The van der Waals surface area contributed by atoms with E-state index in [0.29, 0.717) is 13.0 Å². The number of rotatable bonds is 9. The lowest BCUT2D eigenvalue weighted by atomic mass is 10.1. The van der Waals surface area contributed by atoms with Crippen LogP contribution in [0.5, 0.6) is 11.5 Å². The summed E-state index contributed by atoms with van der Waals surface area (Å²) in [5.41, 5.74) is 8.13. The first kappa shape index (κ1) is 19.1. The zero-order chi connectivity index (χ0) is 19.1. The number of hydrogen-bond acceptors (Lipinski definition) is 5. The third kappa shape index (κ3) is 5.39. The fraction of sp³-hybridized carbons (Fsp3) is 0.333. The molecule has 1 aromatic heterocycles. The highest BCUT2D eigenvalue weighted by atomic mass is 16.5. The van der Waals surface area contributed by atoms with Gasteiger partial charge in [-0.2, -0.15) is 0 Å². The molecule has 0 spiro atoms. The lowest BCUT2D eigenvalue weighted by molar-refractivity contribution is 0.187. The fourth-order valence-corrected chi connectivity index (χ4v) is 2.83. The number of hydrogen-bond donors (Lipinski definition) is 1. The summed E-state index contributed by atoms with van der Waals surface area (Å²) in [5.74, 6) is 1.63. The summed E-state index contributed by atoms with van der Waals surface area (Å²) < 4.78 is 12.8. The Hall–Kier alpha value is -2.70. The number of aromatic nitrogens is 3. The molecule has 6 heteroatoms. The molecule has 0 bridgehead atoms. The van der Waals surface area contributed by atoms with Crippen LogP contribution in [0.2, 0.25) is 0 Å². The minimum atomic E-state index is 0.0276. The molecule has 6 nitrogen and oxygen atoms in total. The average Bonchev–Trinajstić information content (AvgIpc) is 3.15. The van der Waals surface area contributed by atoms with Crippen molar-refractivity contribution in [1.82, 2.24) is 15.0 Å². The predicted octanol–water partition coefficient (Wildman–Crippen LogP) is 3.59. The highest BCUT2D eigenvalue weighted by Crippen LogP contribution is 2.24. The molecular weight excluding hydrogens is 340 g/mol. The first-order chi connectivity index (χ1) is 13.2. The summed E-state index contributed by atoms with van der Waals surface area (Å²) in [7, 11) is 1.68. The molecule has 0 radical (unpaired) electrons. The summed E-state index contributed by atoms with van der Waals surface area (Å²) in [5, 5.41) is 8.52. The Balaban J connectivity index is 1.61. The minimum absolute atomic E-state index is 0.0276. The molecule has 2 aromatic carbocycles. The molecule has 2 N–H and O–H groups in total. The lowest BCUT2D eigenvalue weighted by Crippen LogP contribution is -2.24. The van der Waals surface area contributed by atoms with Crippen molar-refractivity contribution >= 4 is 0 Å². The van der Waals surface area contributed by atoms with Gasteiger partial charge in [-0.05, 0) is 43.2 Å². The highest BCUT2D eigenvalue weighted by molar-refractivity contribution is 5.34. The summed E-state index contributed by atoms with van der Waals surface area (Å²) in [6.45, 7) is 2.75. The predicted molar refractivity (Wildman–Crippen MR) is 105 cm³/mol. The first-order valence-electron chi connectivity index (χ1n) is 9.14. The van der Waals surface area contributed by atoms with Gasteiger partial charge >= 0.3 is 0 Å². The van der Waals surface area contributed by atoms with Crippen molar-refractivity contribution in [3.8, 4) is 11.5 Å². The average molecular weight is 366 g/mol. The maximum absolute atomic E-state index is 6.10. The Morgan fingerprint density at radius 1 is 1.04 bits per heavy atom. The molecule has 0 saturated carbocycles. The molecule has 27 heavy (non-hydrogen) atoms. The monoisotopic (exact) mass is 366 g/mol. The van der Waals surface area contributed by atoms with E-state index in [2.05, 4.69) is 29.4 Å². The smallest absolute Gasteiger partial charge is 0.127 e. The van der Waals surface area contributed by atoms with Crippen LogP contribution in [0.25, 0.3) is 0 Å². The standard InChI is InChI=1S/C21H26N4O2/c1-16(25-15-19(23-24-25)14-18(22)12-13-26-2)17-8-10-21(11-9-17)27-20-6-4-3-5-7-20/h3-11,15-16,18H,12-14,22H2,1-2H3. The number of methoxy groups -OCH3 is 1. The van der Waals surface area contributed by atoms with E-state index in [0.717, 1.165) is 29.2 Å². The second kappa shape index (κ2) is 9.30. The van der Waals surface area contributed by atoms with Gasteiger partial charge < -0.3 is 15.2 Å². The summed E-state index contributed by atoms with van der Waals surface area (Å²) in [6, 6.07) is 17.9. The second-order valence-corrected chi connectivity index (χ2v) is 6.60. The normalized spacial score (nSPS) is 13.3. The summed E-state index contributed by atoms with van der Waals surface area (Å²) in [4.78, 5) is 0. The van der Waals surface area contributed by atoms with Crippen LogP contribution >= 0.6 is 0 Å². The molecule has 1 heterocycles. The SMILES string of the molecule is COCCC(N)Cc1cn(C(C)c2ccc(Oc3ccccc3)cc2)nn1. The first-order valence-corrected chi connectivity index (χ1v) is 9.14. The third-order valence-corrected chi connectivity index (χ3v) is 4.46. The van der Waals surface area contributed by atoms with Crippen LogP contribution in [-0.4, -0.2) is 34.8 Å². The van der Waals surface area contributed by atoms with Gasteiger partial charge in [-0.15, -0.1) is 5.10 Å². The van der Waals surface area contributed by atoms with E-state index in [9.17, 15) is 0 Å². The molecule has 0 aliphatic rings. The van der Waals surface area contributed by atoms with E-state index in [-0.39, 0.29) is 12.1 Å². The molecule has 0 saturated heterocycles. The molecule has 2 unspecified atom stereocenters. The molecular formula is C21H26N4O2. The molecule has 3 aromatic rings. The van der Waals surface area contributed by atoms with Gasteiger partial charge in [-0.25, -0.2) is 4.68 Å². The number of nitrogens with zero attached hydrogens (tertiary/aromatic N) is 3.